The topological polar surface area (TPSA) is 70.7 Å². The van der Waals surface area contributed by atoms with E-state index >= 15 is 0 Å². The van der Waals surface area contributed by atoms with Gasteiger partial charge in [-0.15, -0.1) is 0 Å². The van der Waals surface area contributed by atoms with Gasteiger partial charge in [0.15, 0.2) is 5.82 Å². The van der Waals surface area contributed by atoms with Crippen LogP contribution in [0.2, 0.25) is 0 Å². The van der Waals surface area contributed by atoms with Gasteiger partial charge in [-0.2, -0.15) is 0 Å². The number of hydrogen-bond acceptors (Lipinski definition) is 3. The summed E-state index contributed by atoms with van der Waals surface area (Å²) >= 11 is 0. The van der Waals surface area contributed by atoms with Crippen LogP contribution in [0.25, 0.3) is 22.8 Å². The lowest BCUT2D eigenvalue weighted by molar-refractivity contribution is 0.0946. The third-order valence-electron chi connectivity index (χ3n) is 4.12. The lowest BCUT2D eigenvalue weighted by atomic mass is 10.1. The highest BCUT2D eigenvalue weighted by Gasteiger charge is 2.20. The fraction of sp³-hybridized carbons (Fsp3) is 0.167. The summed E-state index contributed by atoms with van der Waals surface area (Å²) in [6, 6.07) is 11.8. The zero-order chi connectivity index (χ0) is 15.8. The number of carbonyl (C=O) groups is 1. The molecule has 0 radical (unpaired) electrons. The highest BCUT2D eigenvalue weighted by molar-refractivity contribution is 5.97. The summed E-state index contributed by atoms with van der Waals surface area (Å²) < 4.78 is 0. The Bertz CT molecular complexity index is 898. The molecule has 0 atom stereocenters. The van der Waals surface area contributed by atoms with Crippen molar-refractivity contribution in [1.82, 2.24) is 20.3 Å². The first-order valence-electron chi connectivity index (χ1n) is 7.62. The van der Waals surface area contributed by atoms with Gasteiger partial charge in [0.2, 0.25) is 0 Å². The second-order valence-electron chi connectivity index (χ2n) is 5.66. The Morgan fingerprint density at radius 2 is 2.00 bits per heavy atom. The van der Waals surface area contributed by atoms with Crippen molar-refractivity contribution in [2.45, 2.75) is 13.3 Å². The summed E-state index contributed by atoms with van der Waals surface area (Å²) in [5, 5.41) is 2.86. The van der Waals surface area contributed by atoms with E-state index in [-0.39, 0.29) is 5.91 Å². The number of H-pyrrole nitrogens is 1. The van der Waals surface area contributed by atoms with Crippen LogP contribution >= 0.6 is 0 Å². The zero-order valence-electron chi connectivity index (χ0n) is 12.8. The minimum Gasteiger partial charge on any atom is -0.356 e. The Kier molecular flexibility index (Phi) is 3.19. The molecule has 5 nitrogen and oxygen atoms in total. The number of hydrogen-bond donors (Lipinski definition) is 2. The van der Waals surface area contributed by atoms with Crippen molar-refractivity contribution in [1.29, 1.82) is 0 Å². The molecule has 0 bridgehead atoms. The Hall–Kier alpha value is -2.95. The standard InChI is InChI=1S/C18H16N4O/c1-11-4-2-3-5-12(11)17-19-8-7-15(22-17)16-10-13-14(21-16)6-9-20-18(13)23/h2-5,7-8,10,21H,6,9H2,1H3,(H,20,23). The normalized spacial score (nSPS) is 13.5. The highest BCUT2D eigenvalue weighted by Crippen LogP contribution is 2.25. The van der Waals surface area contributed by atoms with Gasteiger partial charge in [0.1, 0.15) is 0 Å². The lowest BCUT2D eigenvalue weighted by Crippen LogP contribution is -2.31. The molecule has 0 aliphatic carbocycles. The summed E-state index contributed by atoms with van der Waals surface area (Å²) in [6.07, 6.45) is 2.57. The molecule has 0 fully saturated rings. The SMILES string of the molecule is Cc1ccccc1-c1nccc(-c2cc3c([nH]2)CCNC3=O)n1. The third-order valence-corrected chi connectivity index (χ3v) is 4.12. The molecule has 23 heavy (non-hydrogen) atoms. The van der Waals surface area contributed by atoms with Crippen LogP contribution in [0.3, 0.4) is 0 Å². The average Bonchev–Trinajstić information content (AvgIpc) is 3.01. The highest BCUT2D eigenvalue weighted by atomic mass is 16.1. The molecule has 114 valence electrons. The van der Waals surface area contributed by atoms with Crippen molar-refractivity contribution in [3.05, 3.63) is 59.4 Å². The zero-order valence-corrected chi connectivity index (χ0v) is 12.8. The number of benzene rings is 1. The maximum Gasteiger partial charge on any atom is 0.253 e. The smallest absolute Gasteiger partial charge is 0.253 e. The quantitative estimate of drug-likeness (QED) is 0.764. The molecule has 1 amide bonds. The molecule has 3 aromatic rings. The molecule has 0 spiro atoms. The fourth-order valence-corrected chi connectivity index (χ4v) is 2.89. The van der Waals surface area contributed by atoms with Gasteiger partial charge in [-0.1, -0.05) is 24.3 Å². The van der Waals surface area contributed by atoms with E-state index in [0.717, 1.165) is 34.6 Å². The van der Waals surface area contributed by atoms with Crippen molar-refractivity contribution in [3.63, 3.8) is 0 Å². The monoisotopic (exact) mass is 304 g/mol. The number of nitrogens with one attached hydrogen (secondary N) is 2. The summed E-state index contributed by atoms with van der Waals surface area (Å²) in [4.78, 5) is 24.3. The van der Waals surface area contributed by atoms with Gasteiger partial charge < -0.3 is 10.3 Å². The van der Waals surface area contributed by atoms with E-state index in [0.29, 0.717) is 17.9 Å². The maximum atomic E-state index is 11.9. The van der Waals surface area contributed by atoms with Crippen LogP contribution in [-0.4, -0.2) is 27.4 Å². The molecule has 3 heterocycles. The molecule has 2 N–H and O–H groups in total. The number of carbonyl (C=O) groups excluding carboxylic acids is 1. The van der Waals surface area contributed by atoms with Gasteiger partial charge >= 0.3 is 0 Å². The number of aryl methyl sites for hydroxylation is 1. The number of nitrogens with zero attached hydrogens (tertiary/aromatic N) is 2. The van der Waals surface area contributed by atoms with Crippen LogP contribution in [0, 0.1) is 6.92 Å². The summed E-state index contributed by atoms with van der Waals surface area (Å²) in [7, 11) is 0. The second kappa shape index (κ2) is 5.35. The van der Waals surface area contributed by atoms with Gasteiger partial charge in [0, 0.05) is 30.4 Å². The van der Waals surface area contributed by atoms with Gasteiger partial charge in [0.05, 0.1) is 17.0 Å². The Morgan fingerprint density at radius 1 is 1.13 bits per heavy atom. The first-order valence-corrected chi connectivity index (χ1v) is 7.62. The molecule has 1 aromatic carbocycles. The molecule has 0 saturated carbocycles. The van der Waals surface area contributed by atoms with Crippen LogP contribution in [0.4, 0.5) is 0 Å². The second-order valence-corrected chi connectivity index (χ2v) is 5.66. The molecule has 4 rings (SSSR count). The molecule has 5 heteroatoms. The van der Waals surface area contributed by atoms with Gasteiger partial charge in [0.25, 0.3) is 5.91 Å². The lowest BCUT2D eigenvalue weighted by Gasteiger charge is -2.10. The van der Waals surface area contributed by atoms with Crippen LogP contribution in [-0.2, 0) is 6.42 Å². The summed E-state index contributed by atoms with van der Waals surface area (Å²) in [5.41, 5.74) is 5.48. The van der Waals surface area contributed by atoms with Gasteiger partial charge in [-0.05, 0) is 24.6 Å². The van der Waals surface area contributed by atoms with Crippen molar-refractivity contribution in [2.24, 2.45) is 0 Å². The van der Waals surface area contributed by atoms with Crippen LogP contribution in [0.15, 0.2) is 42.6 Å². The third kappa shape index (κ3) is 2.40. The molecular formula is C18H16N4O. The molecule has 1 aliphatic heterocycles. The predicted molar refractivity (Wildman–Crippen MR) is 88.0 cm³/mol. The van der Waals surface area contributed by atoms with Crippen LogP contribution in [0.5, 0.6) is 0 Å². The van der Waals surface area contributed by atoms with Gasteiger partial charge in [-0.25, -0.2) is 9.97 Å². The van der Waals surface area contributed by atoms with E-state index < -0.39 is 0 Å². The van der Waals surface area contributed by atoms with Crippen molar-refractivity contribution in [2.75, 3.05) is 6.54 Å². The number of aromatic amines is 1. The van der Waals surface area contributed by atoms with E-state index in [9.17, 15) is 4.79 Å². The first kappa shape index (κ1) is 13.7. The minimum absolute atomic E-state index is 0.0260. The summed E-state index contributed by atoms with van der Waals surface area (Å²) in [5.74, 6) is 0.666. The Balaban J connectivity index is 1.78. The number of aromatic nitrogens is 3. The van der Waals surface area contributed by atoms with E-state index in [2.05, 4.69) is 20.3 Å². The van der Waals surface area contributed by atoms with E-state index in [1.54, 1.807) is 6.20 Å². The number of amides is 1. The van der Waals surface area contributed by atoms with Crippen molar-refractivity contribution in [3.8, 4) is 22.8 Å². The number of fused-ring (bicyclic) bond motifs is 1. The molecular weight excluding hydrogens is 288 g/mol. The maximum absolute atomic E-state index is 11.9. The first-order chi connectivity index (χ1) is 11.2. The Morgan fingerprint density at radius 3 is 2.83 bits per heavy atom. The van der Waals surface area contributed by atoms with Crippen molar-refractivity contribution >= 4 is 5.91 Å². The van der Waals surface area contributed by atoms with Crippen molar-refractivity contribution < 1.29 is 4.79 Å². The largest absolute Gasteiger partial charge is 0.356 e. The molecule has 2 aromatic heterocycles. The van der Waals surface area contributed by atoms with Gasteiger partial charge in [-0.3, -0.25) is 4.79 Å². The molecule has 0 saturated heterocycles. The summed E-state index contributed by atoms with van der Waals surface area (Å²) in [6.45, 7) is 2.72. The van der Waals surface area contributed by atoms with E-state index in [1.165, 1.54) is 0 Å². The Labute approximate surface area is 133 Å². The van der Waals surface area contributed by atoms with E-state index in [4.69, 9.17) is 0 Å². The minimum atomic E-state index is -0.0260. The number of rotatable bonds is 2. The average molecular weight is 304 g/mol. The fourth-order valence-electron chi connectivity index (χ4n) is 2.89. The predicted octanol–water partition coefficient (Wildman–Crippen LogP) is 2.73. The van der Waals surface area contributed by atoms with E-state index in [1.807, 2.05) is 43.3 Å². The molecule has 0 unspecified atom stereocenters. The van der Waals surface area contributed by atoms with Crippen LogP contribution in [0.1, 0.15) is 21.6 Å². The van der Waals surface area contributed by atoms with Crippen LogP contribution < -0.4 is 5.32 Å². The molecule has 1 aliphatic rings.